The largest absolute Gasteiger partial charge is 0.396 e. The predicted octanol–water partition coefficient (Wildman–Crippen LogP) is 4.14. The summed E-state index contributed by atoms with van der Waals surface area (Å²) in [7, 11) is 0. The molecule has 4 unspecified atom stereocenters. The molecule has 2 N–H and O–H groups in total. The summed E-state index contributed by atoms with van der Waals surface area (Å²) in [6.45, 7) is 6.93. The molecule has 122 valence electrons. The van der Waals surface area contributed by atoms with Gasteiger partial charge in [-0.1, -0.05) is 26.7 Å². The van der Waals surface area contributed by atoms with E-state index in [9.17, 15) is 10.2 Å². The van der Waals surface area contributed by atoms with Gasteiger partial charge >= 0.3 is 0 Å². The minimum Gasteiger partial charge on any atom is -0.396 e. The lowest BCUT2D eigenvalue weighted by Gasteiger charge is -2.66. The maximum Gasteiger partial charge on any atom is 0.0704 e. The van der Waals surface area contributed by atoms with Gasteiger partial charge in [-0.25, -0.2) is 0 Å². The molecule has 0 aromatic heterocycles. The number of hydrogen-bond donors (Lipinski definition) is 2. The van der Waals surface area contributed by atoms with Crippen molar-refractivity contribution in [1.29, 1.82) is 0 Å². The standard InChI is InChI=1S/C19H34O2/c1-4-6-16(5-2)17(3,21)19-10-14-7-15(11-19)9-18(8-14,12-19)13-20/h14-16,20-21H,4-13H2,1-3H3. The maximum absolute atomic E-state index is 11.6. The number of aliphatic hydroxyl groups excluding tert-OH is 1. The highest BCUT2D eigenvalue weighted by Crippen LogP contribution is 2.69. The molecule has 0 aliphatic heterocycles. The Hall–Kier alpha value is -0.0800. The van der Waals surface area contributed by atoms with Crippen molar-refractivity contribution in [2.75, 3.05) is 6.61 Å². The highest BCUT2D eigenvalue weighted by molar-refractivity contribution is 5.14. The molecule has 4 saturated carbocycles. The number of aliphatic hydroxyl groups is 2. The summed E-state index contributed by atoms with van der Waals surface area (Å²) < 4.78 is 0. The van der Waals surface area contributed by atoms with Crippen LogP contribution in [0, 0.1) is 28.6 Å². The Bertz CT molecular complexity index is 373. The van der Waals surface area contributed by atoms with Crippen LogP contribution >= 0.6 is 0 Å². The molecule has 2 nitrogen and oxygen atoms in total. The Kier molecular flexibility index (Phi) is 3.94. The Balaban J connectivity index is 1.92. The van der Waals surface area contributed by atoms with Gasteiger partial charge in [-0.3, -0.25) is 0 Å². The second-order valence-corrected chi connectivity index (χ2v) is 8.94. The van der Waals surface area contributed by atoms with E-state index in [0.717, 1.165) is 37.5 Å². The molecule has 21 heavy (non-hydrogen) atoms. The number of rotatable bonds is 6. The molecule has 0 aromatic rings. The molecule has 4 rings (SSSR count). The van der Waals surface area contributed by atoms with Crippen molar-refractivity contribution in [2.45, 2.75) is 84.2 Å². The highest BCUT2D eigenvalue weighted by Gasteiger charge is 2.63. The zero-order valence-corrected chi connectivity index (χ0v) is 14.2. The molecule has 0 aromatic carbocycles. The minimum atomic E-state index is -0.560. The lowest BCUT2D eigenvalue weighted by atomic mass is 9.40. The fourth-order valence-electron chi connectivity index (χ4n) is 6.89. The van der Waals surface area contributed by atoms with Crippen molar-refractivity contribution < 1.29 is 10.2 Å². The lowest BCUT2D eigenvalue weighted by molar-refractivity contribution is -0.225. The first-order valence-corrected chi connectivity index (χ1v) is 9.23. The van der Waals surface area contributed by atoms with E-state index in [0.29, 0.717) is 12.5 Å². The van der Waals surface area contributed by atoms with Gasteiger partial charge in [0.15, 0.2) is 0 Å². The summed E-state index contributed by atoms with van der Waals surface area (Å²) >= 11 is 0. The van der Waals surface area contributed by atoms with Crippen molar-refractivity contribution in [3.05, 3.63) is 0 Å². The van der Waals surface area contributed by atoms with Crippen LogP contribution in [0.1, 0.15) is 78.6 Å². The van der Waals surface area contributed by atoms with Crippen LogP contribution in [0.15, 0.2) is 0 Å². The molecule has 4 aliphatic rings. The first-order valence-electron chi connectivity index (χ1n) is 9.23. The third-order valence-corrected chi connectivity index (χ3v) is 7.52. The van der Waals surface area contributed by atoms with Gasteiger partial charge in [0.05, 0.1) is 5.60 Å². The second-order valence-electron chi connectivity index (χ2n) is 8.94. The Morgan fingerprint density at radius 1 is 1.14 bits per heavy atom. The Morgan fingerprint density at radius 3 is 2.24 bits per heavy atom. The molecule has 2 heteroatoms. The molecule has 4 aliphatic carbocycles. The van der Waals surface area contributed by atoms with Gasteiger partial charge in [-0.2, -0.15) is 0 Å². The van der Waals surface area contributed by atoms with Crippen molar-refractivity contribution in [2.24, 2.45) is 28.6 Å². The van der Waals surface area contributed by atoms with Gasteiger partial charge < -0.3 is 10.2 Å². The average Bonchev–Trinajstić information content (AvgIpc) is 2.43. The van der Waals surface area contributed by atoms with Crippen LogP contribution in [0.4, 0.5) is 0 Å². The van der Waals surface area contributed by atoms with Gasteiger partial charge in [-0.15, -0.1) is 0 Å². The predicted molar refractivity (Wildman–Crippen MR) is 85.9 cm³/mol. The molecule has 4 bridgehead atoms. The molecule has 0 radical (unpaired) electrons. The molecule has 4 atom stereocenters. The van der Waals surface area contributed by atoms with Gasteiger partial charge in [0.1, 0.15) is 0 Å². The maximum atomic E-state index is 11.6. The topological polar surface area (TPSA) is 40.5 Å². The van der Waals surface area contributed by atoms with E-state index >= 15 is 0 Å². The lowest BCUT2D eigenvalue weighted by Crippen LogP contribution is -2.63. The minimum absolute atomic E-state index is 0.0790. The molecular formula is C19H34O2. The quantitative estimate of drug-likeness (QED) is 0.773. The third-order valence-electron chi connectivity index (χ3n) is 7.52. The van der Waals surface area contributed by atoms with E-state index in [-0.39, 0.29) is 10.8 Å². The fraction of sp³-hybridized carbons (Fsp3) is 1.00. The normalized spacial score (nSPS) is 45.6. The molecule has 0 saturated heterocycles. The first-order chi connectivity index (χ1) is 9.90. The van der Waals surface area contributed by atoms with Crippen LogP contribution in [-0.4, -0.2) is 22.4 Å². The van der Waals surface area contributed by atoms with E-state index in [1.54, 1.807) is 0 Å². The summed E-state index contributed by atoms with van der Waals surface area (Å²) in [4.78, 5) is 0. The van der Waals surface area contributed by atoms with Gasteiger partial charge in [-0.05, 0) is 75.0 Å². The summed E-state index contributed by atoms with van der Waals surface area (Å²) in [6, 6.07) is 0. The van der Waals surface area contributed by atoms with E-state index in [1.165, 1.54) is 32.1 Å². The fourth-order valence-corrected chi connectivity index (χ4v) is 6.89. The van der Waals surface area contributed by atoms with Crippen LogP contribution in [0.5, 0.6) is 0 Å². The van der Waals surface area contributed by atoms with Crippen molar-refractivity contribution >= 4 is 0 Å². The number of hydrogen-bond acceptors (Lipinski definition) is 2. The zero-order chi connectivity index (χ0) is 15.3. The van der Waals surface area contributed by atoms with E-state index in [2.05, 4.69) is 20.8 Å². The van der Waals surface area contributed by atoms with Crippen LogP contribution < -0.4 is 0 Å². The van der Waals surface area contributed by atoms with Gasteiger partial charge in [0.2, 0.25) is 0 Å². The second kappa shape index (κ2) is 5.23. The zero-order valence-electron chi connectivity index (χ0n) is 14.2. The van der Waals surface area contributed by atoms with Crippen LogP contribution in [-0.2, 0) is 0 Å². The summed E-state index contributed by atoms with van der Waals surface area (Å²) in [5.74, 6) is 1.92. The smallest absolute Gasteiger partial charge is 0.0704 e. The summed E-state index contributed by atoms with van der Waals surface area (Å²) in [5, 5.41) is 21.6. The molecule has 0 heterocycles. The van der Waals surface area contributed by atoms with Crippen LogP contribution in [0.2, 0.25) is 0 Å². The summed E-state index contributed by atoms with van der Waals surface area (Å²) in [5.41, 5.74) is -0.343. The average molecular weight is 294 g/mol. The third kappa shape index (κ3) is 2.28. The van der Waals surface area contributed by atoms with Gasteiger partial charge in [0, 0.05) is 12.0 Å². The van der Waals surface area contributed by atoms with Crippen molar-refractivity contribution in [1.82, 2.24) is 0 Å². The molecule has 0 spiro atoms. The molecule has 4 fully saturated rings. The Labute approximate surface area is 130 Å². The first kappa shape index (κ1) is 15.8. The van der Waals surface area contributed by atoms with Crippen LogP contribution in [0.3, 0.4) is 0 Å². The van der Waals surface area contributed by atoms with Crippen LogP contribution in [0.25, 0.3) is 0 Å². The SMILES string of the molecule is CCCC(CC)C(C)(O)C12CC3CC(CC(CO)(C3)C1)C2. The molecular weight excluding hydrogens is 260 g/mol. The summed E-state index contributed by atoms with van der Waals surface area (Å²) in [6.07, 6.45) is 10.6. The highest BCUT2D eigenvalue weighted by atomic mass is 16.3. The Morgan fingerprint density at radius 2 is 1.76 bits per heavy atom. The van der Waals surface area contributed by atoms with E-state index in [4.69, 9.17) is 0 Å². The van der Waals surface area contributed by atoms with Crippen molar-refractivity contribution in [3.63, 3.8) is 0 Å². The molecule has 0 amide bonds. The van der Waals surface area contributed by atoms with E-state index in [1.807, 2.05) is 0 Å². The van der Waals surface area contributed by atoms with Crippen molar-refractivity contribution in [3.8, 4) is 0 Å². The van der Waals surface area contributed by atoms with E-state index < -0.39 is 5.60 Å². The monoisotopic (exact) mass is 294 g/mol. The van der Waals surface area contributed by atoms with Gasteiger partial charge in [0.25, 0.3) is 0 Å².